The monoisotopic (exact) mass is 393 g/mol. The maximum absolute atomic E-state index is 11.9. The fourth-order valence-electron chi connectivity index (χ4n) is 2.86. The van der Waals surface area contributed by atoms with Crippen molar-refractivity contribution < 1.29 is 23.4 Å². The topological polar surface area (TPSA) is 94.9 Å². The number of aliphatic carboxylic acids is 1. The minimum absolute atomic E-state index is 0.346. The van der Waals surface area contributed by atoms with E-state index in [1.807, 2.05) is 0 Å². The molecule has 0 saturated heterocycles. The van der Waals surface area contributed by atoms with Crippen molar-refractivity contribution in [1.29, 1.82) is 0 Å². The molecular weight excluding hydrogens is 354 g/mol. The second-order valence-corrected chi connectivity index (χ2v) is 9.94. The number of aliphatic hydroxyl groups is 1. The molecule has 0 bridgehead atoms. The van der Waals surface area contributed by atoms with Crippen LogP contribution in [-0.4, -0.2) is 54.4 Å². The standard InChI is InChI=1S/C19H39NO5S/c1-5-6-8-12-17(21)13-11-16-20(26(4,24)25)15-10-7-9-14-19(2,3)18(22)23/h17,21H,5-16H2,1-4H3,(H,22,23). The van der Waals surface area contributed by atoms with Gasteiger partial charge in [0.15, 0.2) is 0 Å². The molecule has 0 fully saturated rings. The Bertz CT molecular complexity index is 490. The zero-order chi connectivity index (χ0) is 20.2. The molecule has 0 heterocycles. The van der Waals surface area contributed by atoms with Crippen LogP contribution >= 0.6 is 0 Å². The smallest absolute Gasteiger partial charge is 0.309 e. The van der Waals surface area contributed by atoms with Gasteiger partial charge in [-0.05, 0) is 46.0 Å². The highest BCUT2D eigenvalue weighted by Gasteiger charge is 2.26. The molecule has 0 radical (unpaired) electrons. The summed E-state index contributed by atoms with van der Waals surface area (Å²) in [5.74, 6) is -0.798. The fourth-order valence-corrected chi connectivity index (χ4v) is 3.78. The second kappa shape index (κ2) is 12.7. The van der Waals surface area contributed by atoms with Gasteiger partial charge in [0.1, 0.15) is 0 Å². The molecule has 0 aliphatic carbocycles. The largest absolute Gasteiger partial charge is 0.481 e. The predicted octanol–water partition coefficient (Wildman–Crippen LogP) is 3.64. The van der Waals surface area contributed by atoms with Gasteiger partial charge in [-0.3, -0.25) is 4.79 Å². The van der Waals surface area contributed by atoms with Gasteiger partial charge in [-0.2, -0.15) is 0 Å². The van der Waals surface area contributed by atoms with Gasteiger partial charge >= 0.3 is 5.97 Å². The summed E-state index contributed by atoms with van der Waals surface area (Å²) in [5.41, 5.74) is -0.732. The minimum atomic E-state index is -3.26. The zero-order valence-electron chi connectivity index (χ0n) is 17.0. The first-order chi connectivity index (χ1) is 12.0. The summed E-state index contributed by atoms with van der Waals surface area (Å²) in [6.07, 6.45) is 9.09. The van der Waals surface area contributed by atoms with Crippen LogP contribution in [0.1, 0.15) is 85.0 Å². The van der Waals surface area contributed by atoms with Crippen LogP contribution in [0.2, 0.25) is 0 Å². The van der Waals surface area contributed by atoms with E-state index < -0.39 is 21.4 Å². The predicted molar refractivity (Wildman–Crippen MR) is 106 cm³/mol. The van der Waals surface area contributed by atoms with Crippen LogP contribution < -0.4 is 0 Å². The van der Waals surface area contributed by atoms with Crippen LogP contribution in [0.25, 0.3) is 0 Å². The molecule has 0 aromatic carbocycles. The molecule has 0 saturated carbocycles. The Morgan fingerprint density at radius 3 is 2.12 bits per heavy atom. The summed E-state index contributed by atoms with van der Waals surface area (Å²) in [5, 5.41) is 19.0. The third-order valence-corrected chi connectivity index (χ3v) is 6.15. The van der Waals surface area contributed by atoms with Gasteiger partial charge in [0.25, 0.3) is 0 Å². The number of hydrogen-bond acceptors (Lipinski definition) is 4. The number of unbranched alkanes of at least 4 members (excludes halogenated alkanes) is 4. The number of carboxylic acids is 1. The number of carbonyl (C=O) groups is 1. The quantitative estimate of drug-likeness (QED) is 0.390. The molecule has 0 spiro atoms. The second-order valence-electron chi connectivity index (χ2n) is 7.95. The first-order valence-electron chi connectivity index (χ1n) is 9.87. The van der Waals surface area contributed by atoms with Crippen molar-refractivity contribution in [2.75, 3.05) is 19.3 Å². The first-order valence-corrected chi connectivity index (χ1v) is 11.7. The fraction of sp³-hybridized carbons (Fsp3) is 0.947. The van der Waals surface area contributed by atoms with Gasteiger partial charge in [0.2, 0.25) is 10.0 Å². The molecule has 1 atom stereocenters. The minimum Gasteiger partial charge on any atom is -0.481 e. The number of sulfonamides is 1. The molecular formula is C19H39NO5S. The van der Waals surface area contributed by atoms with Gasteiger partial charge < -0.3 is 10.2 Å². The van der Waals surface area contributed by atoms with E-state index in [1.165, 1.54) is 10.6 Å². The van der Waals surface area contributed by atoms with Gasteiger partial charge in [0, 0.05) is 13.1 Å². The van der Waals surface area contributed by atoms with Crippen molar-refractivity contribution >= 4 is 16.0 Å². The molecule has 156 valence electrons. The molecule has 0 amide bonds. The molecule has 0 rings (SSSR count). The summed E-state index contributed by atoms with van der Waals surface area (Å²) < 4.78 is 25.3. The lowest BCUT2D eigenvalue weighted by Gasteiger charge is -2.21. The van der Waals surface area contributed by atoms with Crippen LogP contribution in [0, 0.1) is 5.41 Å². The lowest BCUT2D eigenvalue weighted by molar-refractivity contribution is -0.147. The molecule has 0 aliphatic rings. The Labute approximate surface area is 160 Å². The third-order valence-electron chi connectivity index (χ3n) is 4.84. The first kappa shape index (κ1) is 25.3. The molecule has 0 aliphatic heterocycles. The Morgan fingerprint density at radius 2 is 1.58 bits per heavy atom. The molecule has 26 heavy (non-hydrogen) atoms. The van der Waals surface area contributed by atoms with Crippen molar-refractivity contribution in [3.05, 3.63) is 0 Å². The Hall–Kier alpha value is -0.660. The van der Waals surface area contributed by atoms with E-state index >= 15 is 0 Å². The number of carboxylic acid groups (broad SMARTS) is 1. The molecule has 2 N–H and O–H groups in total. The van der Waals surface area contributed by atoms with E-state index in [-0.39, 0.29) is 6.10 Å². The lowest BCUT2D eigenvalue weighted by atomic mass is 9.87. The van der Waals surface area contributed by atoms with Crippen LogP contribution in [0.5, 0.6) is 0 Å². The van der Waals surface area contributed by atoms with E-state index in [2.05, 4.69) is 6.92 Å². The molecule has 0 aromatic heterocycles. The van der Waals surface area contributed by atoms with Gasteiger partial charge in [0.05, 0.1) is 17.8 Å². The molecule has 1 unspecified atom stereocenters. The van der Waals surface area contributed by atoms with E-state index in [0.717, 1.165) is 44.9 Å². The highest BCUT2D eigenvalue weighted by Crippen LogP contribution is 2.23. The van der Waals surface area contributed by atoms with Crippen LogP contribution in [0.15, 0.2) is 0 Å². The number of nitrogens with zero attached hydrogens (tertiary/aromatic N) is 1. The number of rotatable bonds is 16. The normalized spacial score (nSPS) is 13.9. The maximum atomic E-state index is 11.9. The number of hydrogen-bond donors (Lipinski definition) is 2. The van der Waals surface area contributed by atoms with Gasteiger partial charge in [-0.15, -0.1) is 0 Å². The summed E-state index contributed by atoms with van der Waals surface area (Å²) >= 11 is 0. The van der Waals surface area contributed by atoms with E-state index in [9.17, 15) is 18.3 Å². The number of aliphatic hydroxyl groups excluding tert-OH is 1. The van der Waals surface area contributed by atoms with Crippen LogP contribution in [0.4, 0.5) is 0 Å². The molecule has 6 nitrogen and oxygen atoms in total. The van der Waals surface area contributed by atoms with E-state index in [1.54, 1.807) is 13.8 Å². The van der Waals surface area contributed by atoms with Crippen molar-refractivity contribution in [3.8, 4) is 0 Å². The van der Waals surface area contributed by atoms with Crippen molar-refractivity contribution in [3.63, 3.8) is 0 Å². The zero-order valence-corrected chi connectivity index (χ0v) is 17.9. The van der Waals surface area contributed by atoms with Gasteiger partial charge in [-0.1, -0.05) is 39.0 Å². The Kier molecular flexibility index (Phi) is 12.4. The van der Waals surface area contributed by atoms with Crippen molar-refractivity contribution in [2.45, 2.75) is 91.1 Å². The molecule has 7 heteroatoms. The summed E-state index contributed by atoms with van der Waals surface area (Å²) in [4.78, 5) is 11.1. The lowest BCUT2D eigenvalue weighted by Crippen LogP contribution is -2.32. The Morgan fingerprint density at radius 1 is 1.00 bits per heavy atom. The molecule has 0 aromatic rings. The highest BCUT2D eigenvalue weighted by molar-refractivity contribution is 7.88. The summed E-state index contributed by atoms with van der Waals surface area (Å²) in [6.45, 7) is 6.44. The average molecular weight is 394 g/mol. The third kappa shape index (κ3) is 11.9. The maximum Gasteiger partial charge on any atom is 0.309 e. The van der Waals surface area contributed by atoms with E-state index in [4.69, 9.17) is 5.11 Å². The van der Waals surface area contributed by atoms with Crippen LogP contribution in [-0.2, 0) is 14.8 Å². The highest BCUT2D eigenvalue weighted by atomic mass is 32.2. The summed E-state index contributed by atoms with van der Waals surface area (Å²) in [7, 11) is -3.26. The van der Waals surface area contributed by atoms with Gasteiger partial charge in [-0.25, -0.2) is 12.7 Å². The van der Waals surface area contributed by atoms with E-state index in [0.29, 0.717) is 32.4 Å². The van der Waals surface area contributed by atoms with Crippen LogP contribution in [0.3, 0.4) is 0 Å². The average Bonchev–Trinajstić information content (AvgIpc) is 2.51. The van der Waals surface area contributed by atoms with Crippen molar-refractivity contribution in [2.24, 2.45) is 5.41 Å². The van der Waals surface area contributed by atoms with Crippen molar-refractivity contribution in [1.82, 2.24) is 4.31 Å². The SMILES string of the molecule is CCCCCC(O)CCCN(CCCCCC(C)(C)C(=O)O)S(C)(=O)=O. The summed E-state index contributed by atoms with van der Waals surface area (Å²) in [6, 6.07) is 0. The Balaban J connectivity index is 4.14.